The fraction of sp³-hybridized carbons (Fsp3) is 0.333. The summed E-state index contributed by atoms with van der Waals surface area (Å²) in [6.45, 7) is 2.43. The van der Waals surface area contributed by atoms with Gasteiger partial charge >= 0.3 is 0 Å². The van der Waals surface area contributed by atoms with Crippen molar-refractivity contribution in [1.82, 2.24) is 0 Å². The van der Waals surface area contributed by atoms with Gasteiger partial charge in [-0.2, -0.15) is 0 Å². The van der Waals surface area contributed by atoms with Gasteiger partial charge in [-0.3, -0.25) is 0 Å². The van der Waals surface area contributed by atoms with Crippen LogP contribution < -0.4 is 4.74 Å². The number of halogens is 1. The first-order valence-corrected chi connectivity index (χ1v) is 10.0. The third-order valence-electron chi connectivity index (χ3n) is 3.52. The Hall–Kier alpha value is -1.52. The van der Waals surface area contributed by atoms with Gasteiger partial charge in [-0.1, -0.05) is 24.3 Å². The molecule has 0 saturated carbocycles. The predicted molar refractivity (Wildman–Crippen MR) is 96.0 cm³/mol. The first kappa shape index (κ1) is 17.8. The third kappa shape index (κ3) is 5.56. The molecule has 0 radical (unpaired) electrons. The summed E-state index contributed by atoms with van der Waals surface area (Å²) >= 11 is 5.89. The number of benzene rings is 2. The van der Waals surface area contributed by atoms with Crippen molar-refractivity contribution in [3.8, 4) is 16.9 Å². The molecule has 0 aliphatic rings. The Labute approximate surface area is 143 Å². The fourth-order valence-corrected chi connectivity index (χ4v) is 3.19. The molecule has 0 atom stereocenters. The Morgan fingerprint density at radius 3 is 2.57 bits per heavy atom. The van der Waals surface area contributed by atoms with Gasteiger partial charge in [0.2, 0.25) is 0 Å². The summed E-state index contributed by atoms with van der Waals surface area (Å²) in [5.41, 5.74) is 4.46. The molecule has 5 heteroatoms. The average Bonchev–Trinajstić information content (AvgIpc) is 2.51. The molecule has 0 N–H and O–H groups in total. The minimum atomic E-state index is -2.93. The maximum absolute atomic E-state index is 11.1. The zero-order chi connectivity index (χ0) is 16.9. The highest BCUT2D eigenvalue weighted by molar-refractivity contribution is 7.90. The largest absolute Gasteiger partial charge is 0.494 e. The van der Waals surface area contributed by atoms with E-state index in [1.807, 2.05) is 37.3 Å². The van der Waals surface area contributed by atoms with Crippen LogP contribution in [0.25, 0.3) is 11.1 Å². The van der Waals surface area contributed by atoms with Gasteiger partial charge in [0.1, 0.15) is 15.6 Å². The van der Waals surface area contributed by atoms with Crippen molar-refractivity contribution in [3.05, 3.63) is 53.6 Å². The summed E-state index contributed by atoms with van der Waals surface area (Å²) in [4.78, 5) is 0. The van der Waals surface area contributed by atoms with Crippen LogP contribution in [-0.4, -0.2) is 27.0 Å². The second kappa shape index (κ2) is 7.84. The van der Waals surface area contributed by atoms with Gasteiger partial charge in [0.15, 0.2) is 0 Å². The molecular weight excluding hydrogens is 332 g/mol. The standard InChI is InChI=1S/C18H21ClO3S/c1-14-11-17(22-9-4-10-23(2,20)21)7-8-18(14)16-6-3-5-15(12-16)13-19/h3,5-8,11-12H,4,9-10,13H2,1-2H3. The van der Waals surface area contributed by atoms with Crippen LogP contribution in [0.15, 0.2) is 42.5 Å². The number of rotatable bonds is 7. The molecule has 0 aliphatic heterocycles. The van der Waals surface area contributed by atoms with E-state index < -0.39 is 9.84 Å². The molecule has 0 unspecified atom stereocenters. The van der Waals surface area contributed by atoms with Gasteiger partial charge in [-0.25, -0.2) is 8.42 Å². The Morgan fingerprint density at radius 1 is 1.13 bits per heavy atom. The molecular formula is C18H21ClO3S. The van der Waals surface area contributed by atoms with E-state index in [1.165, 1.54) is 6.26 Å². The van der Waals surface area contributed by atoms with Gasteiger partial charge in [0, 0.05) is 12.1 Å². The molecule has 3 nitrogen and oxygen atoms in total. The molecule has 0 spiro atoms. The lowest BCUT2D eigenvalue weighted by atomic mass is 9.99. The monoisotopic (exact) mass is 352 g/mol. The number of sulfone groups is 1. The fourth-order valence-electron chi connectivity index (χ4n) is 2.38. The van der Waals surface area contributed by atoms with Gasteiger partial charge in [-0.15, -0.1) is 11.6 Å². The molecule has 0 heterocycles. The maximum Gasteiger partial charge on any atom is 0.147 e. The SMILES string of the molecule is Cc1cc(OCCCS(C)(=O)=O)ccc1-c1cccc(CCl)c1. The summed E-state index contributed by atoms with van der Waals surface area (Å²) in [6.07, 6.45) is 1.73. The van der Waals surface area contributed by atoms with Gasteiger partial charge in [0.05, 0.1) is 12.4 Å². The number of hydrogen-bond acceptors (Lipinski definition) is 3. The van der Waals surface area contributed by atoms with Crippen molar-refractivity contribution in [2.45, 2.75) is 19.2 Å². The lowest BCUT2D eigenvalue weighted by Crippen LogP contribution is -2.08. The van der Waals surface area contributed by atoms with Crippen LogP contribution in [0.4, 0.5) is 0 Å². The van der Waals surface area contributed by atoms with Crippen LogP contribution in [0.2, 0.25) is 0 Å². The molecule has 2 rings (SSSR count). The molecule has 0 amide bonds. The topological polar surface area (TPSA) is 43.4 Å². The van der Waals surface area contributed by atoms with E-state index in [2.05, 4.69) is 12.1 Å². The number of aryl methyl sites for hydroxylation is 1. The molecule has 0 aromatic heterocycles. The van der Waals surface area contributed by atoms with Crippen LogP contribution in [0.1, 0.15) is 17.5 Å². The van der Waals surface area contributed by atoms with Crippen molar-refractivity contribution >= 4 is 21.4 Å². The van der Waals surface area contributed by atoms with E-state index in [9.17, 15) is 8.42 Å². The number of alkyl halides is 1. The summed E-state index contributed by atoms with van der Waals surface area (Å²) in [6, 6.07) is 14.1. The molecule has 0 bridgehead atoms. The van der Waals surface area contributed by atoms with Crippen LogP contribution in [0.5, 0.6) is 5.75 Å². The smallest absolute Gasteiger partial charge is 0.147 e. The van der Waals surface area contributed by atoms with Crippen molar-refractivity contribution < 1.29 is 13.2 Å². The molecule has 2 aromatic rings. The van der Waals surface area contributed by atoms with Gasteiger partial charge in [-0.05, 0) is 53.8 Å². The summed E-state index contributed by atoms with van der Waals surface area (Å²) < 4.78 is 27.8. The Morgan fingerprint density at radius 2 is 1.91 bits per heavy atom. The molecule has 2 aromatic carbocycles. The van der Waals surface area contributed by atoms with Crippen molar-refractivity contribution in [2.24, 2.45) is 0 Å². The molecule has 0 fully saturated rings. The van der Waals surface area contributed by atoms with Crippen LogP contribution >= 0.6 is 11.6 Å². The van der Waals surface area contributed by atoms with Crippen LogP contribution in [0.3, 0.4) is 0 Å². The van der Waals surface area contributed by atoms with Crippen molar-refractivity contribution in [1.29, 1.82) is 0 Å². The molecule has 0 saturated heterocycles. The highest BCUT2D eigenvalue weighted by atomic mass is 35.5. The number of hydrogen-bond donors (Lipinski definition) is 0. The Kier molecular flexibility index (Phi) is 6.08. The summed E-state index contributed by atoms with van der Waals surface area (Å²) in [5, 5.41) is 0. The highest BCUT2D eigenvalue weighted by Gasteiger charge is 2.06. The van der Waals surface area contributed by atoms with Crippen LogP contribution in [0, 0.1) is 6.92 Å². The Bertz CT molecular complexity index is 770. The first-order chi connectivity index (χ1) is 10.9. The summed E-state index contributed by atoms with van der Waals surface area (Å²) in [5.74, 6) is 1.40. The highest BCUT2D eigenvalue weighted by Crippen LogP contribution is 2.28. The van der Waals surface area contributed by atoms with Gasteiger partial charge in [0.25, 0.3) is 0 Å². The van der Waals surface area contributed by atoms with Crippen LogP contribution in [-0.2, 0) is 15.7 Å². The minimum Gasteiger partial charge on any atom is -0.494 e. The van der Waals surface area contributed by atoms with Crippen molar-refractivity contribution in [3.63, 3.8) is 0 Å². The van der Waals surface area contributed by atoms with E-state index in [0.717, 1.165) is 28.0 Å². The van der Waals surface area contributed by atoms with E-state index in [1.54, 1.807) is 0 Å². The minimum absolute atomic E-state index is 0.148. The van der Waals surface area contributed by atoms with Gasteiger partial charge < -0.3 is 4.74 Å². The van der Waals surface area contributed by atoms with E-state index in [0.29, 0.717) is 18.9 Å². The second-order valence-corrected chi connectivity index (χ2v) is 8.17. The predicted octanol–water partition coefficient (Wildman–Crippen LogP) is 4.21. The van der Waals surface area contributed by atoms with E-state index >= 15 is 0 Å². The normalized spacial score (nSPS) is 11.4. The first-order valence-electron chi connectivity index (χ1n) is 7.45. The Balaban J connectivity index is 2.05. The summed E-state index contributed by atoms with van der Waals surface area (Å²) in [7, 11) is -2.93. The zero-order valence-corrected chi connectivity index (χ0v) is 15.0. The quantitative estimate of drug-likeness (QED) is 0.553. The third-order valence-corrected chi connectivity index (χ3v) is 4.86. The second-order valence-electron chi connectivity index (χ2n) is 5.64. The van der Waals surface area contributed by atoms with E-state index in [-0.39, 0.29) is 5.75 Å². The number of ether oxygens (including phenoxy) is 1. The lowest BCUT2D eigenvalue weighted by Gasteiger charge is -2.11. The molecule has 23 heavy (non-hydrogen) atoms. The molecule has 124 valence electrons. The zero-order valence-electron chi connectivity index (χ0n) is 13.4. The van der Waals surface area contributed by atoms with E-state index in [4.69, 9.17) is 16.3 Å². The molecule has 0 aliphatic carbocycles. The maximum atomic E-state index is 11.1. The lowest BCUT2D eigenvalue weighted by molar-refractivity contribution is 0.317. The average molecular weight is 353 g/mol. The van der Waals surface area contributed by atoms with Crippen molar-refractivity contribution in [2.75, 3.05) is 18.6 Å².